The van der Waals surface area contributed by atoms with Crippen LogP contribution in [-0.2, 0) is 13.0 Å². The van der Waals surface area contributed by atoms with Crippen molar-refractivity contribution < 1.29 is 14.3 Å². The van der Waals surface area contributed by atoms with E-state index in [1.807, 2.05) is 42.5 Å². The molecule has 2 aromatic carbocycles. The van der Waals surface area contributed by atoms with Gasteiger partial charge in [-0.15, -0.1) is 0 Å². The van der Waals surface area contributed by atoms with Gasteiger partial charge in [0.1, 0.15) is 0 Å². The second-order valence-electron chi connectivity index (χ2n) is 5.57. The molecule has 2 rings (SSSR count). The standard InChI is InChI=1S/C20H25NO3/c1-4-12-24-18-11-8-16(13-19(18)23-3)14-21-20(22)17-9-6-15(5-2)7-10-17/h6-11,13H,4-5,12,14H2,1-3H3,(H,21,22). The van der Waals surface area contributed by atoms with Crippen LogP contribution >= 0.6 is 0 Å². The summed E-state index contributed by atoms with van der Waals surface area (Å²) >= 11 is 0. The highest BCUT2D eigenvalue weighted by Gasteiger charge is 2.08. The maximum absolute atomic E-state index is 12.2. The Kier molecular flexibility index (Phi) is 6.67. The van der Waals surface area contributed by atoms with E-state index in [0.29, 0.717) is 24.5 Å². The number of nitrogens with one attached hydrogen (secondary N) is 1. The molecule has 0 fully saturated rings. The van der Waals surface area contributed by atoms with Gasteiger partial charge in [0, 0.05) is 12.1 Å². The van der Waals surface area contributed by atoms with Crippen molar-refractivity contribution in [3.8, 4) is 11.5 Å². The van der Waals surface area contributed by atoms with Crippen molar-refractivity contribution in [2.75, 3.05) is 13.7 Å². The molecule has 0 unspecified atom stereocenters. The van der Waals surface area contributed by atoms with Gasteiger partial charge in [0.2, 0.25) is 0 Å². The van der Waals surface area contributed by atoms with E-state index in [2.05, 4.69) is 19.2 Å². The first-order valence-electron chi connectivity index (χ1n) is 8.34. The molecule has 128 valence electrons. The second-order valence-corrected chi connectivity index (χ2v) is 5.57. The average Bonchev–Trinajstić information content (AvgIpc) is 2.64. The Morgan fingerprint density at radius 2 is 1.71 bits per heavy atom. The molecule has 0 bridgehead atoms. The Hall–Kier alpha value is -2.49. The number of methoxy groups -OCH3 is 1. The van der Waals surface area contributed by atoms with Gasteiger partial charge in [-0.2, -0.15) is 0 Å². The third-order valence-corrected chi connectivity index (χ3v) is 3.77. The molecule has 0 saturated carbocycles. The number of hydrogen-bond acceptors (Lipinski definition) is 3. The zero-order valence-electron chi connectivity index (χ0n) is 14.6. The highest BCUT2D eigenvalue weighted by Crippen LogP contribution is 2.28. The van der Waals surface area contributed by atoms with Crippen LogP contribution < -0.4 is 14.8 Å². The molecule has 0 saturated heterocycles. The quantitative estimate of drug-likeness (QED) is 0.798. The summed E-state index contributed by atoms with van der Waals surface area (Å²) in [5.41, 5.74) is 2.86. The highest BCUT2D eigenvalue weighted by atomic mass is 16.5. The second kappa shape index (κ2) is 8.96. The first-order chi connectivity index (χ1) is 11.7. The molecule has 0 aliphatic rings. The molecule has 0 heterocycles. The molecule has 1 amide bonds. The summed E-state index contributed by atoms with van der Waals surface area (Å²) in [6, 6.07) is 13.4. The lowest BCUT2D eigenvalue weighted by atomic mass is 10.1. The summed E-state index contributed by atoms with van der Waals surface area (Å²) in [5.74, 6) is 1.33. The SMILES string of the molecule is CCCOc1ccc(CNC(=O)c2ccc(CC)cc2)cc1OC. The first-order valence-corrected chi connectivity index (χ1v) is 8.34. The Morgan fingerprint density at radius 1 is 1.00 bits per heavy atom. The van der Waals surface area contributed by atoms with Gasteiger partial charge >= 0.3 is 0 Å². The summed E-state index contributed by atoms with van der Waals surface area (Å²) in [5, 5.41) is 2.93. The zero-order valence-corrected chi connectivity index (χ0v) is 14.6. The Bertz CT molecular complexity index is 665. The number of aryl methyl sites for hydroxylation is 1. The minimum atomic E-state index is -0.0806. The molecule has 0 aromatic heterocycles. The van der Waals surface area contributed by atoms with E-state index in [0.717, 1.165) is 24.2 Å². The zero-order chi connectivity index (χ0) is 17.4. The van der Waals surface area contributed by atoms with Crippen molar-refractivity contribution in [1.29, 1.82) is 0 Å². The van der Waals surface area contributed by atoms with Crippen molar-refractivity contribution in [2.45, 2.75) is 33.2 Å². The number of amides is 1. The minimum Gasteiger partial charge on any atom is -0.493 e. The lowest BCUT2D eigenvalue weighted by Crippen LogP contribution is -2.22. The van der Waals surface area contributed by atoms with Crippen molar-refractivity contribution in [3.63, 3.8) is 0 Å². The Labute approximate surface area is 143 Å². The predicted octanol–water partition coefficient (Wildman–Crippen LogP) is 3.98. The molecular weight excluding hydrogens is 302 g/mol. The monoisotopic (exact) mass is 327 g/mol. The minimum absolute atomic E-state index is 0.0806. The van der Waals surface area contributed by atoms with Crippen LogP contribution in [0.3, 0.4) is 0 Å². The van der Waals surface area contributed by atoms with E-state index in [-0.39, 0.29) is 5.91 Å². The third-order valence-electron chi connectivity index (χ3n) is 3.77. The Balaban J connectivity index is 1.98. The van der Waals surface area contributed by atoms with E-state index in [1.165, 1.54) is 5.56 Å². The normalized spacial score (nSPS) is 10.3. The van der Waals surface area contributed by atoms with Crippen LogP contribution in [0.15, 0.2) is 42.5 Å². The predicted molar refractivity (Wildman–Crippen MR) is 95.8 cm³/mol. The molecule has 0 radical (unpaired) electrons. The molecule has 4 heteroatoms. The molecule has 0 aliphatic carbocycles. The lowest BCUT2D eigenvalue weighted by molar-refractivity contribution is 0.0951. The van der Waals surface area contributed by atoms with Gasteiger partial charge in [-0.05, 0) is 48.2 Å². The number of carbonyl (C=O) groups excluding carboxylic acids is 1. The fourth-order valence-corrected chi connectivity index (χ4v) is 2.33. The molecule has 0 atom stereocenters. The fourth-order valence-electron chi connectivity index (χ4n) is 2.33. The summed E-state index contributed by atoms with van der Waals surface area (Å²) < 4.78 is 11.0. The number of ether oxygens (including phenoxy) is 2. The van der Waals surface area contributed by atoms with Gasteiger partial charge in [-0.3, -0.25) is 4.79 Å². The van der Waals surface area contributed by atoms with E-state index in [4.69, 9.17) is 9.47 Å². The molecule has 2 aromatic rings. The summed E-state index contributed by atoms with van der Waals surface area (Å²) in [4.78, 5) is 12.2. The molecule has 0 aliphatic heterocycles. The van der Waals surface area contributed by atoms with Crippen molar-refractivity contribution in [1.82, 2.24) is 5.32 Å². The molecule has 24 heavy (non-hydrogen) atoms. The fraction of sp³-hybridized carbons (Fsp3) is 0.350. The van der Waals surface area contributed by atoms with Gasteiger partial charge in [-0.25, -0.2) is 0 Å². The number of benzene rings is 2. The van der Waals surface area contributed by atoms with Crippen LogP contribution in [0.4, 0.5) is 0 Å². The van der Waals surface area contributed by atoms with Gasteiger partial charge in [0.25, 0.3) is 5.91 Å². The van der Waals surface area contributed by atoms with E-state index in [9.17, 15) is 4.79 Å². The first kappa shape index (κ1) is 17.9. The van der Waals surface area contributed by atoms with Crippen LogP contribution in [-0.4, -0.2) is 19.6 Å². The van der Waals surface area contributed by atoms with E-state index >= 15 is 0 Å². The smallest absolute Gasteiger partial charge is 0.251 e. The third kappa shape index (κ3) is 4.75. The van der Waals surface area contributed by atoms with Crippen molar-refractivity contribution in [2.24, 2.45) is 0 Å². The maximum Gasteiger partial charge on any atom is 0.251 e. The molecule has 1 N–H and O–H groups in total. The summed E-state index contributed by atoms with van der Waals surface area (Å²) in [7, 11) is 1.62. The van der Waals surface area contributed by atoms with Crippen LogP contribution in [0.1, 0.15) is 41.8 Å². The molecular formula is C20H25NO3. The van der Waals surface area contributed by atoms with E-state index in [1.54, 1.807) is 7.11 Å². The van der Waals surface area contributed by atoms with Crippen LogP contribution in [0, 0.1) is 0 Å². The molecule has 0 spiro atoms. The van der Waals surface area contributed by atoms with Crippen molar-refractivity contribution in [3.05, 3.63) is 59.2 Å². The number of carbonyl (C=O) groups is 1. The maximum atomic E-state index is 12.2. The average molecular weight is 327 g/mol. The van der Waals surface area contributed by atoms with Gasteiger partial charge in [0.15, 0.2) is 11.5 Å². The van der Waals surface area contributed by atoms with E-state index < -0.39 is 0 Å². The molecule has 4 nitrogen and oxygen atoms in total. The highest BCUT2D eigenvalue weighted by molar-refractivity contribution is 5.94. The van der Waals surface area contributed by atoms with Crippen LogP contribution in [0.25, 0.3) is 0 Å². The summed E-state index contributed by atoms with van der Waals surface area (Å²) in [6.07, 6.45) is 1.91. The lowest BCUT2D eigenvalue weighted by Gasteiger charge is -2.12. The van der Waals surface area contributed by atoms with Crippen LogP contribution in [0.2, 0.25) is 0 Å². The van der Waals surface area contributed by atoms with Crippen LogP contribution in [0.5, 0.6) is 11.5 Å². The number of hydrogen-bond donors (Lipinski definition) is 1. The van der Waals surface area contributed by atoms with Gasteiger partial charge in [-0.1, -0.05) is 32.0 Å². The van der Waals surface area contributed by atoms with Crippen molar-refractivity contribution >= 4 is 5.91 Å². The van der Waals surface area contributed by atoms with Gasteiger partial charge in [0.05, 0.1) is 13.7 Å². The number of rotatable bonds is 8. The largest absolute Gasteiger partial charge is 0.493 e. The van der Waals surface area contributed by atoms with Gasteiger partial charge < -0.3 is 14.8 Å². The Morgan fingerprint density at radius 3 is 2.33 bits per heavy atom. The summed E-state index contributed by atoms with van der Waals surface area (Å²) in [6.45, 7) is 5.25. The topological polar surface area (TPSA) is 47.6 Å².